The Kier molecular flexibility index (Phi) is 4.95. The number of nitrogens with zero attached hydrogens (tertiary/aromatic N) is 1. The minimum Gasteiger partial charge on any atom is -0.477 e. The highest BCUT2D eigenvalue weighted by atomic mass is 19.1. The van der Waals surface area contributed by atoms with E-state index in [1.807, 2.05) is 6.07 Å². The molecule has 4 heteroatoms. The van der Waals surface area contributed by atoms with E-state index in [4.69, 9.17) is 4.74 Å². The molecule has 0 amide bonds. The van der Waals surface area contributed by atoms with Crippen molar-refractivity contribution in [1.29, 1.82) is 0 Å². The molecule has 0 saturated heterocycles. The van der Waals surface area contributed by atoms with E-state index in [2.05, 4.69) is 17.1 Å². The first kappa shape index (κ1) is 13.6. The maximum atomic E-state index is 13.1. The number of aromatic nitrogens is 2. The molecule has 2 rings (SSSR count). The Morgan fingerprint density at radius 2 is 2.11 bits per heavy atom. The summed E-state index contributed by atoms with van der Waals surface area (Å²) in [4.78, 5) is 0. The van der Waals surface area contributed by atoms with Crippen LogP contribution in [0.25, 0.3) is 11.3 Å². The van der Waals surface area contributed by atoms with Gasteiger partial charge in [-0.3, -0.25) is 5.10 Å². The van der Waals surface area contributed by atoms with Crippen LogP contribution in [-0.4, -0.2) is 16.8 Å². The summed E-state index contributed by atoms with van der Waals surface area (Å²) in [6, 6.07) is 8.17. The number of rotatable bonds is 7. The summed E-state index contributed by atoms with van der Waals surface area (Å²) in [6.45, 7) is 4.44. The van der Waals surface area contributed by atoms with Crippen molar-refractivity contribution in [2.24, 2.45) is 0 Å². The molecular weight excluding hydrogens is 243 g/mol. The molecule has 1 N–H and O–H groups in total. The van der Waals surface area contributed by atoms with Crippen LogP contribution in [0, 0.1) is 12.7 Å². The number of nitrogens with one attached hydrogen (secondary N) is 1. The molecule has 1 aromatic heterocycles. The molecule has 0 aliphatic carbocycles. The van der Waals surface area contributed by atoms with Gasteiger partial charge in [0.25, 0.3) is 0 Å². The Hall–Kier alpha value is -1.84. The van der Waals surface area contributed by atoms with Gasteiger partial charge in [-0.15, -0.1) is 5.10 Å². The second-order valence-electron chi connectivity index (χ2n) is 4.39. The van der Waals surface area contributed by atoms with Crippen molar-refractivity contribution < 1.29 is 9.13 Å². The quantitative estimate of drug-likeness (QED) is 0.765. The molecule has 0 aliphatic heterocycles. The summed E-state index contributed by atoms with van der Waals surface area (Å²) in [5.41, 5.74) is 1.52. The van der Waals surface area contributed by atoms with Gasteiger partial charge in [0, 0.05) is 11.6 Å². The highest BCUT2D eigenvalue weighted by Gasteiger charge is 2.05. The Bertz CT molecular complexity index is 510. The fourth-order valence-electron chi connectivity index (χ4n) is 1.81. The first-order valence-corrected chi connectivity index (χ1v) is 6.53. The number of benzene rings is 1. The molecule has 0 spiro atoms. The van der Waals surface area contributed by atoms with Gasteiger partial charge in [0.15, 0.2) is 0 Å². The van der Waals surface area contributed by atoms with E-state index in [1.165, 1.54) is 12.1 Å². The maximum absolute atomic E-state index is 13.1. The van der Waals surface area contributed by atoms with Gasteiger partial charge in [-0.2, -0.15) is 0 Å². The Labute approximate surface area is 112 Å². The summed E-state index contributed by atoms with van der Waals surface area (Å²) >= 11 is 0. The van der Waals surface area contributed by atoms with E-state index in [0.717, 1.165) is 36.9 Å². The molecule has 0 unspecified atom stereocenters. The lowest BCUT2D eigenvalue weighted by atomic mass is 10.1. The highest BCUT2D eigenvalue weighted by molar-refractivity contribution is 5.59. The van der Waals surface area contributed by atoms with Crippen LogP contribution in [0.1, 0.15) is 25.7 Å². The normalized spacial score (nSPS) is 10.6. The van der Waals surface area contributed by atoms with Gasteiger partial charge in [0.2, 0.25) is 5.88 Å². The first-order chi connectivity index (χ1) is 9.29. The van der Waals surface area contributed by atoms with Crippen LogP contribution in [0.5, 0.6) is 5.88 Å². The minimum absolute atomic E-state index is 0.261. The molecule has 1 aromatic carbocycles. The molecule has 3 nitrogen and oxygen atoms in total. The molecular formula is C15H18FN2O. The summed E-state index contributed by atoms with van der Waals surface area (Å²) < 4.78 is 18.6. The second-order valence-corrected chi connectivity index (χ2v) is 4.39. The fraction of sp³-hybridized carbons (Fsp3) is 0.333. The number of H-pyrrole nitrogens is 1. The third-order valence-corrected chi connectivity index (χ3v) is 2.83. The summed E-state index contributed by atoms with van der Waals surface area (Å²) in [5.74, 6) is 0.289. The first-order valence-electron chi connectivity index (χ1n) is 6.53. The molecule has 19 heavy (non-hydrogen) atoms. The van der Waals surface area contributed by atoms with E-state index in [0.29, 0.717) is 12.5 Å². The summed E-state index contributed by atoms with van der Waals surface area (Å²) in [5, 5.41) is 6.91. The average Bonchev–Trinajstić information content (AvgIpc) is 2.87. The molecule has 0 aliphatic rings. The molecule has 1 radical (unpaired) electrons. The molecule has 0 bridgehead atoms. The Morgan fingerprint density at radius 3 is 2.89 bits per heavy atom. The predicted molar refractivity (Wildman–Crippen MR) is 73.3 cm³/mol. The van der Waals surface area contributed by atoms with Crippen molar-refractivity contribution in [2.45, 2.75) is 25.7 Å². The second kappa shape index (κ2) is 6.92. The average molecular weight is 261 g/mol. The van der Waals surface area contributed by atoms with Crippen LogP contribution < -0.4 is 4.74 Å². The number of hydrogen-bond donors (Lipinski definition) is 1. The molecule has 101 valence electrons. The third kappa shape index (κ3) is 4.09. The standard InChI is InChI=1S/C15H18FN2O/c1-2-3-4-5-9-19-15-11-14(17-18-15)12-7-6-8-13(16)10-12/h6-8,10-11H,1-5,9H2,(H,17,18). The van der Waals surface area contributed by atoms with Gasteiger partial charge in [-0.05, 0) is 18.6 Å². The molecule has 0 saturated carbocycles. The molecule has 2 aromatic rings. The number of ether oxygens (including phenoxy) is 1. The smallest absolute Gasteiger partial charge is 0.233 e. The Morgan fingerprint density at radius 1 is 1.21 bits per heavy atom. The van der Waals surface area contributed by atoms with Crippen molar-refractivity contribution in [2.75, 3.05) is 6.61 Å². The van der Waals surface area contributed by atoms with Crippen molar-refractivity contribution in [3.8, 4) is 17.1 Å². The van der Waals surface area contributed by atoms with E-state index < -0.39 is 0 Å². The number of hydrogen-bond acceptors (Lipinski definition) is 2. The fourth-order valence-corrected chi connectivity index (χ4v) is 1.81. The monoisotopic (exact) mass is 261 g/mol. The van der Waals surface area contributed by atoms with Crippen LogP contribution in [0.4, 0.5) is 4.39 Å². The Balaban J connectivity index is 1.88. The van der Waals surface area contributed by atoms with Crippen molar-refractivity contribution in [1.82, 2.24) is 10.2 Å². The lowest BCUT2D eigenvalue weighted by Gasteiger charge is -2.01. The number of unbranched alkanes of at least 4 members (excludes halogenated alkanes) is 3. The van der Waals surface area contributed by atoms with Gasteiger partial charge in [0.05, 0.1) is 12.3 Å². The zero-order valence-corrected chi connectivity index (χ0v) is 10.9. The van der Waals surface area contributed by atoms with Crippen molar-refractivity contribution in [3.05, 3.63) is 43.1 Å². The molecule has 1 heterocycles. The van der Waals surface area contributed by atoms with E-state index >= 15 is 0 Å². The van der Waals surface area contributed by atoms with Crippen LogP contribution in [0.3, 0.4) is 0 Å². The lowest BCUT2D eigenvalue weighted by Crippen LogP contribution is -1.97. The SMILES string of the molecule is [CH2]CCCCCOc1cc(-c2cccc(F)c2)[nH]n1. The number of halogens is 1. The van der Waals surface area contributed by atoms with Crippen molar-refractivity contribution in [3.63, 3.8) is 0 Å². The minimum atomic E-state index is -0.261. The lowest BCUT2D eigenvalue weighted by molar-refractivity contribution is 0.294. The van der Waals surface area contributed by atoms with E-state index in [1.54, 1.807) is 12.1 Å². The molecule has 0 fully saturated rings. The predicted octanol–water partition coefficient (Wildman–Crippen LogP) is 3.99. The van der Waals surface area contributed by atoms with Gasteiger partial charge < -0.3 is 4.74 Å². The van der Waals surface area contributed by atoms with Crippen LogP contribution >= 0.6 is 0 Å². The van der Waals surface area contributed by atoms with Gasteiger partial charge in [-0.1, -0.05) is 38.3 Å². The zero-order chi connectivity index (χ0) is 13.5. The topological polar surface area (TPSA) is 37.9 Å². The van der Waals surface area contributed by atoms with Crippen LogP contribution in [-0.2, 0) is 0 Å². The van der Waals surface area contributed by atoms with Crippen LogP contribution in [0.15, 0.2) is 30.3 Å². The van der Waals surface area contributed by atoms with Gasteiger partial charge >= 0.3 is 0 Å². The summed E-state index contributed by atoms with van der Waals surface area (Å²) in [7, 11) is 0. The van der Waals surface area contributed by atoms with Crippen LogP contribution in [0.2, 0.25) is 0 Å². The van der Waals surface area contributed by atoms with Gasteiger partial charge in [0.1, 0.15) is 5.82 Å². The maximum Gasteiger partial charge on any atom is 0.233 e. The zero-order valence-electron chi connectivity index (χ0n) is 10.9. The third-order valence-electron chi connectivity index (χ3n) is 2.83. The highest BCUT2D eigenvalue weighted by Crippen LogP contribution is 2.21. The number of aromatic amines is 1. The van der Waals surface area contributed by atoms with Gasteiger partial charge in [-0.25, -0.2) is 4.39 Å². The van der Waals surface area contributed by atoms with Crippen molar-refractivity contribution >= 4 is 0 Å². The van der Waals surface area contributed by atoms with E-state index in [9.17, 15) is 4.39 Å². The summed E-state index contributed by atoms with van der Waals surface area (Å²) in [6.07, 6.45) is 4.20. The largest absolute Gasteiger partial charge is 0.477 e. The molecule has 0 atom stereocenters. The van der Waals surface area contributed by atoms with E-state index in [-0.39, 0.29) is 5.82 Å².